The molecule has 0 radical (unpaired) electrons. The van der Waals surface area contributed by atoms with E-state index < -0.39 is 18.4 Å². The summed E-state index contributed by atoms with van der Waals surface area (Å²) in [5, 5.41) is 0. The summed E-state index contributed by atoms with van der Waals surface area (Å²) in [4.78, 5) is 45.4. The molecule has 0 fully saturated rings. The summed E-state index contributed by atoms with van der Waals surface area (Å²) in [5.74, 6) is 0.628. The summed E-state index contributed by atoms with van der Waals surface area (Å²) >= 11 is -2.79. The molecule has 0 heterocycles. The Hall–Kier alpha value is -0.521. The molecular formula is C16H28O4Sn. The van der Waals surface area contributed by atoms with Crippen LogP contribution in [-0.4, -0.2) is 41.5 Å². The molecule has 0 aliphatic heterocycles. The van der Waals surface area contributed by atoms with Crippen molar-refractivity contribution in [2.24, 2.45) is 0 Å². The number of carbonyl (C=O) groups is 4. The van der Waals surface area contributed by atoms with Crippen LogP contribution in [0.4, 0.5) is 0 Å². The monoisotopic (exact) mass is 404 g/mol. The SMILES string of the molecule is CC(=O)C[CH2][Sn]([CH2]CC(C)=O)([CH2]CC(C)=O)[CH2]CC(C)=O. The zero-order valence-electron chi connectivity index (χ0n) is 13.8. The molecule has 0 aromatic carbocycles. The second-order valence-electron chi connectivity index (χ2n) is 6.31. The second kappa shape index (κ2) is 10.2. The topological polar surface area (TPSA) is 68.3 Å². The predicted octanol–water partition coefficient (Wildman–Crippen LogP) is 3.35. The van der Waals surface area contributed by atoms with E-state index in [9.17, 15) is 19.2 Å². The molecule has 0 atom stereocenters. The third-order valence-corrected chi connectivity index (χ3v) is 19.0. The van der Waals surface area contributed by atoms with Gasteiger partial charge in [0.1, 0.15) is 0 Å². The van der Waals surface area contributed by atoms with Crippen molar-refractivity contribution in [3.05, 3.63) is 0 Å². The van der Waals surface area contributed by atoms with Crippen molar-refractivity contribution in [1.82, 2.24) is 0 Å². The first-order valence-electron chi connectivity index (χ1n) is 7.64. The normalized spacial score (nSPS) is 11.2. The van der Waals surface area contributed by atoms with Crippen LogP contribution in [0.1, 0.15) is 53.4 Å². The van der Waals surface area contributed by atoms with Crippen LogP contribution in [0.25, 0.3) is 0 Å². The number of hydrogen-bond donors (Lipinski definition) is 0. The Labute approximate surface area is 131 Å². The van der Waals surface area contributed by atoms with Crippen LogP contribution in [0, 0.1) is 0 Å². The third kappa shape index (κ3) is 10.8. The fourth-order valence-corrected chi connectivity index (χ4v) is 16.9. The summed E-state index contributed by atoms with van der Waals surface area (Å²) in [7, 11) is 0. The molecule has 120 valence electrons. The van der Waals surface area contributed by atoms with Gasteiger partial charge in [0.05, 0.1) is 0 Å². The molecule has 4 nitrogen and oxygen atoms in total. The number of ketones is 4. The molecule has 0 aliphatic carbocycles. The fourth-order valence-electron chi connectivity index (χ4n) is 2.51. The molecule has 0 unspecified atom stereocenters. The van der Waals surface area contributed by atoms with Crippen LogP contribution in [0.2, 0.25) is 17.7 Å². The van der Waals surface area contributed by atoms with E-state index in [2.05, 4.69) is 0 Å². The van der Waals surface area contributed by atoms with Gasteiger partial charge in [0.25, 0.3) is 0 Å². The van der Waals surface area contributed by atoms with E-state index in [1.165, 1.54) is 0 Å². The molecule has 0 aliphatic rings. The summed E-state index contributed by atoms with van der Waals surface area (Å²) in [6, 6.07) is 0. The van der Waals surface area contributed by atoms with Gasteiger partial charge < -0.3 is 0 Å². The summed E-state index contributed by atoms with van der Waals surface area (Å²) < 4.78 is 3.44. The van der Waals surface area contributed by atoms with E-state index in [0.717, 1.165) is 17.7 Å². The van der Waals surface area contributed by atoms with E-state index >= 15 is 0 Å². The van der Waals surface area contributed by atoms with Crippen molar-refractivity contribution in [3.8, 4) is 0 Å². The third-order valence-electron chi connectivity index (χ3n) is 4.03. The Balaban J connectivity index is 5.02. The number of rotatable bonds is 12. The molecule has 0 saturated carbocycles. The van der Waals surface area contributed by atoms with Crippen molar-refractivity contribution in [1.29, 1.82) is 0 Å². The molecule has 0 bridgehead atoms. The Morgan fingerprint density at radius 3 is 0.857 bits per heavy atom. The van der Waals surface area contributed by atoms with Gasteiger partial charge in [-0.15, -0.1) is 0 Å². The van der Waals surface area contributed by atoms with E-state index in [0.29, 0.717) is 25.7 Å². The summed E-state index contributed by atoms with van der Waals surface area (Å²) in [6.07, 6.45) is 2.13. The zero-order valence-corrected chi connectivity index (χ0v) is 16.6. The summed E-state index contributed by atoms with van der Waals surface area (Å²) in [5.41, 5.74) is 0. The molecular weight excluding hydrogens is 375 g/mol. The molecule has 21 heavy (non-hydrogen) atoms. The van der Waals surface area contributed by atoms with E-state index in [1.54, 1.807) is 27.7 Å². The minimum atomic E-state index is -2.79. The van der Waals surface area contributed by atoms with Crippen molar-refractivity contribution < 1.29 is 19.2 Å². The van der Waals surface area contributed by atoms with Gasteiger partial charge in [-0.05, 0) is 0 Å². The molecule has 0 rings (SSSR count). The van der Waals surface area contributed by atoms with Crippen LogP contribution in [-0.2, 0) is 19.2 Å². The van der Waals surface area contributed by atoms with Crippen LogP contribution in [0.3, 0.4) is 0 Å². The molecule has 0 spiro atoms. The zero-order chi connectivity index (χ0) is 16.5. The van der Waals surface area contributed by atoms with Gasteiger partial charge in [0.15, 0.2) is 0 Å². The molecule has 0 aromatic rings. The second-order valence-corrected chi connectivity index (χ2v) is 20.6. The van der Waals surface area contributed by atoms with Gasteiger partial charge in [0, 0.05) is 0 Å². The Kier molecular flexibility index (Phi) is 9.99. The standard InChI is InChI=1S/4C4H7O.Sn/c4*1-3-4(2)5;/h4*1,3H2,2H3;. The van der Waals surface area contributed by atoms with Gasteiger partial charge in [0.2, 0.25) is 0 Å². The molecule has 0 saturated heterocycles. The van der Waals surface area contributed by atoms with Crippen molar-refractivity contribution in [2.75, 3.05) is 0 Å². The first-order chi connectivity index (χ1) is 9.67. The molecule has 0 N–H and O–H groups in total. The first-order valence-corrected chi connectivity index (χ1v) is 15.7. The fraction of sp³-hybridized carbons (Fsp3) is 0.750. The van der Waals surface area contributed by atoms with E-state index in [-0.39, 0.29) is 23.1 Å². The number of hydrogen-bond acceptors (Lipinski definition) is 4. The number of Topliss-reactive ketones (excluding diaryl/α,β-unsaturated/α-hetero) is 4. The van der Waals surface area contributed by atoms with Crippen LogP contribution >= 0.6 is 0 Å². The van der Waals surface area contributed by atoms with Gasteiger partial charge in [-0.25, -0.2) is 0 Å². The Morgan fingerprint density at radius 2 is 0.714 bits per heavy atom. The molecule has 0 amide bonds. The molecule has 5 heteroatoms. The quantitative estimate of drug-likeness (QED) is 0.469. The van der Waals surface area contributed by atoms with Gasteiger partial charge in [-0.1, -0.05) is 0 Å². The summed E-state index contributed by atoms with van der Waals surface area (Å²) in [6.45, 7) is 6.32. The molecule has 0 aromatic heterocycles. The Bertz CT molecular complexity index is 324. The van der Waals surface area contributed by atoms with E-state index in [1.807, 2.05) is 0 Å². The van der Waals surface area contributed by atoms with Crippen molar-refractivity contribution in [3.63, 3.8) is 0 Å². The minimum absolute atomic E-state index is 0.157. The van der Waals surface area contributed by atoms with Gasteiger partial charge >= 0.3 is 132 Å². The van der Waals surface area contributed by atoms with Gasteiger partial charge in [-0.2, -0.15) is 0 Å². The van der Waals surface area contributed by atoms with Crippen LogP contribution in [0.5, 0.6) is 0 Å². The maximum absolute atomic E-state index is 11.3. The van der Waals surface area contributed by atoms with Crippen molar-refractivity contribution in [2.45, 2.75) is 71.1 Å². The maximum atomic E-state index is 11.3. The average molecular weight is 403 g/mol. The Morgan fingerprint density at radius 1 is 0.524 bits per heavy atom. The van der Waals surface area contributed by atoms with Gasteiger partial charge in [-0.3, -0.25) is 0 Å². The predicted molar refractivity (Wildman–Crippen MR) is 86.2 cm³/mol. The average Bonchev–Trinajstić information content (AvgIpc) is 2.36. The number of carbonyl (C=O) groups excluding carboxylic acids is 4. The van der Waals surface area contributed by atoms with Crippen LogP contribution < -0.4 is 0 Å². The van der Waals surface area contributed by atoms with E-state index in [4.69, 9.17) is 0 Å². The van der Waals surface area contributed by atoms with Crippen molar-refractivity contribution >= 4 is 41.5 Å². The first kappa shape index (κ1) is 20.5. The van der Waals surface area contributed by atoms with Crippen LogP contribution in [0.15, 0.2) is 0 Å².